The number of aromatic nitrogens is 1. The van der Waals surface area contributed by atoms with Gasteiger partial charge in [-0.15, -0.1) is 12.4 Å². The average Bonchev–Trinajstić information content (AvgIpc) is 2.82. The quantitative estimate of drug-likeness (QED) is 0.792. The summed E-state index contributed by atoms with van der Waals surface area (Å²) < 4.78 is 2.84. The van der Waals surface area contributed by atoms with Crippen molar-refractivity contribution in [1.82, 2.24) is 9.88 Å². The molecule has 0 spiro atoms. The molecule has 0 unspecified atom stereocenters. The number of anilines is 1. The molecule has 1 amide bonds. The molecule has 0 saturated carbocycles. The molecule has 0 saturated heterocycles. The fourth-order valence-electron chi connectivity index (χ4n) is 2.02. The zero-order valence-corrected chi connectivity index (χ0v) is 14.2. The third kappa shape index (κ3) is 4.79. The number of nitrogens with two attached hydrogens (primary N) is 1. The van der Waals surface area contributed by atoms with Gasteiger partial charge in [-0.05, 0) is 53.0 Å². The fraction of sp³-hybridized carbons (Fsp3) is 0.267. The molecule has 2 rings (SSSR count). The van der Waals surface area contributed by atoms with E-state index in [0.29, 0.717) is 12.2 Å². The largest absolute Gasteiger partial charge is 0.399 e. The van der Waals surface area contributed by atoms with Gasteiger partial charge in [0.25, 0.3) is 5.91 Å². The Bertz CT molecular complexity index is 595. The molecule has 0 aliphatic heterocycles. The van der Waals surface area contributed by atoms with Gasteiger partial charge in [-0.3, -0.25) is 4.79 Å². The number of aryl methyl sites for hydroxylation is 1. The maximum absolute atomic E-state index is 12.1. The maximum Gasteiger partial charge on any atom is 0.267 e. The van der Waals surface area contributed by atoms with Crippen molar-refractivity contribution in [2.45, 2.75) is 19.9 Å². The van der Waals surface area contributed by atoms with Crippen molar-refractivity contribution in [2.75, 3.05) is 12.3 Å². The summed E-state index contributed by atoms with van der Waals surface area (Å²) in [6, 6.07) is 9.54. The second kappa shape index (κ2) is 8.10. The van der Waals surface area contributed by atoms with Crippen molar-refractivity contribution in [1.29, 1.82) is 0 Å². The molecular weight excluding hydrogens is 354 g/mol. The van der Waals surface area contributed by atoms with E-state index in [-0.39, 0.29) is 18.3 Å². The first-order chi connectivity index (χ1) is 9.60. The Morgan fingerprint density at radius 2 is 2.00 bits per heavy atom. The summed E-state index contributed by atoms with van der Waals surface area (Å²) in [5.41, 5.74) is 8.23. The lowest BCUT2D eigenvalue weighted by atomic mass is 10.1. The number of carbonyl (C=O) groups is 1. The summed E-state index contributed by atoms with van der Waals surface area (Å²) >= 11 is 3.39. The van der Waals surface area contributed by atoms with Gasteiger partial charge in [-0.1, -0.05) is 12.1 Å². The molecule has 21 heavy (non-hydrogen) atoms. The summed E-state index contributed by atoms with van der Waals surface area (Å²) in [6.45, 7) is 3.39. The van der Waals surface area contributed by atoms with Crippen molar-refractivity contribution < 1.29 is 4.79 Å². The first-order valence-electron chi connectivity index (χ1n) is 6.58. The Kier molecular flexibility index (Phi) is 6.78. The highest BCUT2D eigenvalue weighted by Gasteiger charge is 2.11. The number of rotatable bonds is 5. The number of benzene rings is 1. The Morgan fingerprint density at radius 3 is 2.62 bits per heavy atom. The zero-order valence-electron chi connectivity index (χ0n) is 11.8. The van der Waals surface area contributed by atoms with Crippen molar-refractivity contribution in [3.63, 3.8) is 0 Å². The van der Waals surface area contributed by atoms with Crippen LogP contribution in [-0.4, -0.2) is 17.0 Å². The van der Waals surface area contributed by atoms with Crippen molar-refractivity contribution in [3.8, 4) is 0 Å². The van der Waals surface area contributed by atoms with Crippen LogP contribution in [0.3, 0.4) is 0 Å². The molecule has 3 N–H and O–H groups in total. The van der Waals surface area contributed by atoms with Crippen LogP contribution in [0.15, 0.2) is 41.0 Å². The Balaban J connectivity index is 0.00000220. The minimum absolute atomic E-state index is 0. The van der Waals surface area contributed by atoms with E-state index < -0.39 is 0 Å². The lowest BCUT2D eigenvalue weighted by Crippen LogP contribution is -2.27. The van der Waals surface area contributed by atoms with Crippen molar-refractivity contribution in [3.05, 3.63) is 52.3 Å². The predicted octanol–water partition coefficient (Wildman–Crippen LogP) is 3.25. The molecule has 0 bridgehead atoms. The third-order valence-electron chi connectivity index (χ3n) is 3.12. The van der Waals surface area contributed by atoms with Crippen LogP contribution in [0.5, 0.6) is 0 Å². The molecule has 4 nitrogen and oxygen atoms in total. The average molecular weight is 373 g/mol. The molecule has 6 heteroatoms. The summed E-state index contributed by atoms with van der Waals surface area (Å²) in [6.07, 6.45) is 2.70. The van der Waals surface area contributed by atoms with Crippen molar-refractivity contribution >= 4 is 39.9 Å². The molecule has 1 aromatic heterocycles. The van der Waals surface area contributed by atoms with E-state index in [4.69, 9.17) is 5.73 Å². The highest BCUT2D eigenvalue weighted by atomic mass is 79.9. The number of nitrogens with one attached hydrogen (secondary N) is 1. The highest BCUT2D eigenvalue weighted by Crippen LogP contribution is 2.15. The minimum Gasteiger partial charge on any atom is -0.399 e. The molecule has 0 aliphatic carbocycles. The van der Waals surface area contributed by atoms with E-state index in [9.17, 15) is 4.79 Å². The van der Waals surface area contributed by atoms with Crippen LogP contribution in [-0.2, 0) is 13.0 Å². The maximum atomic E-state index is 12.1. The van der Waals surface area contributed by atoms with E-state index >= 15 is 0 Å². The van der Waals surface area contributed by atoms with Crippen LogP contribution in [0.4, 0.5) is 5.69 Å². The SMILES string of the molecule is CCn1cc(Br)cc1C(=O)NCCc1ccc(N)cc1.Cl. The number of nitrogens with zero attached hydrogens (tertiary/aromatic N) is 1. The number of hydrogen-bond donors (Lipinski definition) is 2. The molecule has 114 valence electrons. The molecule has 0 aliphatic rings. The van der Waals surface area contributed by atoms with Crippen LogP contribution in [0.2, 0.25) is 0 Å². The molecule has 0 radical (unpaired) electrons. The predicted molar refractivity (Wildman–Crippen MR) is 91.9 cm³/mol. The van der Waals surface area contributed by atoms with Gasteiger partial charge < -0.3 is 15.6 Å². The molecular formula is C15H19BrClN3O. The second-order valence-electron chi connectivity index (χ2n) is 4.58. The third-order valence-corrected chi connectivity index (χ3v) is 3.55. The van der Waals surface area contributed by atoms with Gasteiger partial charge in [-0.25, -0.2) is 0 Å². The molecule has 0 fully saturated rings. The highest BCUT2D eigenvalue weighted by molar-refractivity contribution is 9.10. The van der Waals surface area contributed by atoms with Gasteiger partial charge in [-0.2, -0.15) is 0 Å². The van der Waals surface area contributed by atoms with Crippen molar-refractivity contribution in [2.24, 2.45) is 0 Å². The van der Waals surface area contributed by atoms with Gasteiger partial charge in [0, 0.05) is 29.4 Å². The van der Waals surface area contributed by atoms with E-state index in [1.165, 1.54) is 0 Å². The summed E-state index contributed by atoms with van der Waals surface area (Å²) in [5, 5.41) is 2.94. The van der Waals surface area contributed by atoms with Gasteiger partial charge >= 0.3 is 0 Å². The lowest BCUT2D eigenvalue weighted by Gasteiger charge is -2.08. The standard InChI is InChI=1S/C15H18BrN3O.ClH/c1-2-19-10-12(16)9-14(19)15(20)18-8-7-11-3-5-13(17)6-4-11;/h3-6,9-10H,2,7-8,17H2,1H3,(H,18,20);1H. The monoisotopic (exact) mass is 371 g/mol. The van der Waals surface area contributed by atoms with E-state index in [0.717, 1.165) is 28.7 Å². The van der Waals surface area contributed by atoms with Crippen LogP contribution >= 0.6 is 28.3 Å². The Labute approximate surface area is 139 Å². The van der Waals surface area contributed by atoms with E-state index in [1.807, 2.05) is 48.0 Å². The summed E-state index contributed by atoms with van der Waals surface area (Å²) in [5.74, 6) is -0.0482. The summed E-state index contributed by atoms with van der Waals surface area (Å²) in [7, 11) is 0. The molecule has 1 aromatic carbocycles. The van der Waals surface area contributed by atoms with Gasteiger partial charge in [0.2, 0.25) is 0 Å². The lowest BCUT2D eigenvalue weighted by molar-refractivity contribution is 0.0945. The number of hydrogen-bond acceptors (Lipinski definition) is 2. The number of carbonyl (C=O) groups excluding carboxylic acids is 1. The first-order valence-corrected chi connectivity index (χ1v) is 7.37. The van der Waals surface area contributed by atoms with Crippen LogP contribution < -0.4 is 11.1 Å². The van der Waals surface area contributed by atoms with E-state index in [1.54, 1.807) is 0 Å². The minimum atomic E-state index is -0.0482. The number of amides is 1. The van der Waals surface area contributed by atoms with E-state index in [2.05, 4.69) is 21.2 Å². The van der Waals surface area contributed by atoms with Crippen LogP contribution in [0.25, 0.3) is 0 Å². The van der Waals surface area contributed by atoms with Crippen LogP contribution in [0.1, 0.15) is 23.0 Å². The Hall–Kier alpha value is -1.46. The molecule has 1 heterocycles. The smallest absolute Gasteiger partial charge is 0.267 e. The van der Waals surface area contributed by atoms with Gasteiger partial charge in [0.05, 0.1) is 0 Å². The second-order valence-corrected chi connectivity index (χ2v) is 5.49. The summed E-state index contributed by atoms with van der Waals surface area (Å²) in [4.78, 5) is 12.1. The van der Waals surface area contributed by atoms with Gasteiger partial charge in [0.1, 0.15) is 5.69 Å². The molecule has 0 atom stereocenters. The Morgan fingerprint density at radius 1 is 1.33 bits per heavy atom. The topological polar surface area (TPSA) is 60.0 Å². The van der Waals surface area contributed by atoms with Gasteiger partial charge in [0.15, 0.2) is 0 Å². The number of halogens is 2. The van der Waals surface area contributed by atoms with Crippen LogP contribution in [0, 0.1) is 0 Å². The normalized spacial score (nSPS) is 10.0. The fourth-order valence-corrected chi connectivity index (χ4v) is 2.49. The number of nitrogen functional groups attached to an aromatic ring is 1. The molecule has 2 aromatic rings. The first kappa shape index (κ1) is 17.6. The zero-order chi connectivity index (χ0) is 14.5.